The Balaban J connectivity index is 0.00000261. The zero-order valence-corrected chi connectivity index (χ0v) is 16.3. The minimum atomic E-state index is -0.418. The predicted octanol–water partition coefficient (Wildman–Crippen LogP) is 1.45. The van der Waals surface area contributed by atoms with Crippen LogP contribution in [0.1, 0.15) is 44.2 Å². The fourth-order valence-corrected chi connectivity index (χ4v) is 2.96. The summed E-state index contributed by atoms with van der Waals surface area (Å²) in [6.07, 6.45) is 3.21. The molecule has 7 nitrogen and oxygen atoms in total. The molecule has 3 atom stereocenters. The average Bonchev–Trinajstić information content (AvgIpc) is 3.32. The van der Waals surface area contributed by atoms with Gasteiger partial charge in [0.05, 0.1) is 12.1 Å². The zero-order chi connectivity index (χ0) is 18.5. The third-order valence-corrected chi connectivity index (χ3v) is 4.71. The van der Waals surface area contributed by atoms with Crippen LogP contribution in [-0.2, 0) is 14.3 Å². The Bertz CT molecular complexity index is 636. The predicted molar refractivity (Wildman–Crippen MR) is 104 cm³/mol. The molecule has 0 radical (unpaired) electrons. The van der Waals surface area contributed by atoms with Crippen LogP contribution in [0.2, 0.25) is 0 Å². The lowest BCUT2D eigenvalue weighted by molar-refractivity contribution is -0.132. The van der Waals surface area contributed by atoms with Gasteiger partial charge < -0.3 is 25.8 Å². The van der Waals surface area contributed by atoms with E-state index in [2.05, 4.69) is 10.6 Å². The molecule has 8 heteroatoms. The molecule has 1 aromatic rings. The monoisotopic (exact) mass is 397 g/mol. The number of carbonyl (C=O) groups is 2. The quantitative estimate of drug-likeness (QED) is 0.616. The Labute approximate surface area is 165 Å². The number of amides is 2. The molecule has 2 amide bonds. The van der Waals surface area contributed by atoms with E-state index in [-0.39, 0.29) is 43.0 Å². The summed E-state index contributed by atoms with van der Waals surface area (Å²) in [5.41, 5.74) is 6.54. The highest BCUT2D eigenvalue weighted by atomic mass is 35.5. The van der Waals surface area contributed by atoms with E-state index in [0.717, 1.165) is 24.8 Å². The summed E-state index contributed by atoms with van der Waals surface area (Å²) >= 11 is 0. The first-order valence-corrected chi connectivity index (χ1v) is 9.23. The van der Waals surface area contributed by atoms with Crippen molar-refractivity contribution in [1.82, 2.24) is 10.6 Å². The van der Waals surface area contributed by atoms with Gasteiger partial charge in [-0.15, -0.1) is 12.4 Å². The van der Waals surface area contributed by atoms with Crippen LogP contribution < -0.4 is 21.1 Å². The minimum absolute atomic E-state index is 0. The molecule has 4 N–H and O–H groups in total. The van der Waals surface area contributed by atoms with Crippen LogP contribution in [-0.4, -0.2) is 43.2 Å². The first-order valence-electron chi connectivity index (χ1n) is 9.23. The van der Waals surface area contributed by atoms with Crippen LogP contribution in [0.5, 0.6) is 5.75 Å². The normalized spacial score (nSPS) is 22.4. The molecule has 3 rings (SSSR count). The summed E-state index contributed by atoms with van der Waals surface area (Å²) in [6, 6.07) is 7.57. The van der Waals surface area contributed by atoms with Crippen LogP contribution in [0.15, 0.2) is 24.3 Å². The lowest BCUT2D eigenvalue weighted by Gasteiger charge is -2.18. The molecular formula is C19H28ClN3O4. The van der Waals surface area contributed by atoms with Crippen molar-refractivity contribution in [2.24, 2.45) is 5.73 Å². The van der Waals surface area contributed by atoms with Crippen LogP contribution >= 0.6 is 12.4 Å². The molecule has 1 heterocycles. The van der Waals surface area contributed by atoms with Crippen LogP contribution in [0.4, 0.5) is 0 Å². The van der Waals surface area contributed by atoms with E-state index in [0.29, 0.717) is 24.8 Å². The molecule has 0 spiro atoms. The third-order valence-electron chi connectivity index (χ3n) is 4.71. The lowest BCUT2D eigenvalue weighted by atomic mass is 10.1. The average molecular weight is 398 g/mol. The molecule has 2 aliphatic rings. The highest BCUT2D eigenvalue weighted by Gasteiger charge is 2.30. The second-order valence-electron chi connectivity index (χ2n) is 6.99. The van der Waals surface area contributed by atoms with Crippen molar-refractivity contribution in [3.63, 3.8) is 0 Å². The summed E-state index contributed by atoms with van der Waals surface area (Å²) in [7, 11) is 0. The smallest absolute Gasteiger partial charge is 0.258 e. The van der Waals surface area contributed by atoms with Crippen LogP contribution in [0.3, 0.4) is 0 Å². The van der Waals surface area contributed by atoms with Gasteiger partial charge in [0.1, 0.15) is 11.9 Å². The molecule has 150 valence electrons. The molecular weight excluding hydrogens is 370 g/mol. The fourth-order valence-electron chi connectivity index (χ4n) is 2.96. The Kier molecular flexibility index (Phi) is 7.89. The minimum Gasteiger partial charge on any atom is -0.484 e. The first-order chi connectivity index (χ1) is 12.5. The highest BCUT2D eigenvalue weighted by molar-refractivity contribution is 5.85. The number of nitrogens with one attached hydrogen (secondary N) is 2. The van der Waals surface area contributed by atoms with Crippen molar-refractivity contribution in [3.05, 3.63) is 29.8 Å². The molecule has 27 heavy (non-hydrogen) atoms. The molecule has 0 bridgehead atoms. The molecule has 1 saturated carbocycles. The lowest BCUT2D eigenvalue weighted by Crippen LogP contribution is -2.37. The number of rotatable bonds is 8. The van der Waals surface area contributed by atoms with Gasteiger partial charge in [0.2, 0.25) is 5.91 Å². The number of ether oxygens (including phenoxy) is 2. The van der Waals surface area contributed by atoms with E-state index in [1.807, 2.05) is 19.1 Å². The molecule has 1 unspecified atom stereocenters. The highest BCUT2D eigenvalue weighted by Crippen LogP contribution is 2.22. The van der Waals surface area contributed by atoms with Crippen molar-refractivity contribution < 1.29 is 19.1 Å². The summed E-state index contributed by atoms with van der Waals surface area (Å²) in [6.45, 7) is 2.38. The van der Waals surface area contributed by atoms with Crippen molar-refractivity contribution in [3.8, 4) is 5.75 Å². The van der Waals surface area contributed by atoms with Gasteiger partial charge in [-0.25, -0.2) is 0 Å². The number of benzene rings is 1. The number of hydrogen-bond acceptors (Lipinski definition) is 5. The Morgan fingerprint density at radius 2 is 1.93 bits per heavy atom. The number of nitrogens with two attached hydrogens (primary N) is 1. The van der Waals surface area contributed by atoms with Gasteiger partial charge in [0.15, 0.2) is 6.61 Å². The second kappa shape index (κ2) is 9.92. The van der Waals surface area contributed by atoms with Gasteiger partial charge in [-0.2, -0.15) is 0 Å². The number of hydrogen-bond donors (Lipinski definition) is 3. The maximum atomic E-state index is 12.3. The van der Waals surface area contributed by atoms with Crippen molar-refractivity contribution in [2.45, 2.75) is 56.9 Å². The summed E-state index contributed by atoms with van der Waals surface area (Å²) in [4.78, 5) is 23.9. The summed E-state index contributed by atoms with van der Waals surface area (Å²) in [5, 5.41) is 5.85. The van der Waals surface area contributed by atoms with E-state index < -0.39 is 6.10 Å². The Morgan fingerprint density at radius 3 is 2.52 bits per heavy atom. The second-order valence-corrected chi connectivity index (χ2v) is 6.99. The van der Waals surface area contributed by atoms with E-state index in [4.69, 9.17) is 15.2 Å². The first kappa shape index (κ1) is 21.5. The SMILES string of the molecule is CC(NC(=O)[C@@H]1CC[C@H](CN)O1)c1ccc(OCC(=O)NC2CC2)cc1.Cl. The molecule has 1 aliphatic carbocycles. The van der Waals surface area contributed by atoms with Crippen molar-refractivity contribution >= 4 is 24.2 Å². The van der Waals surface area contributed by atoms with Crippen LogP contribution in [0, 0.1) is 0 Å². The number of halogens is 1. The van der Waals surface area contributed by atoms with E-state index in [1.54, 1.807) is 12.1 Å². The summed E-state index contributed by atoms with van der Waals surface area (Å²) < 4.78 is 11.1. The van der Waals surface area contributed by atoms with Gasteiger partial charge in [-0.3, -0.25) is 9.59 Å². The van der Waals surface area contributed by atoms with Gasteiger partial charge in [-0.05, 0) is 50.3 Å². The van der Waals surface area contributed by atoms with E-state index in [9.17, 15) is 9.59 Å². The van der Waals surface area contributed by atoms with Gasteiger partial charge >= 0.3 is 0 Å². The van der Waals surface area contributed by atoms with E-state index >= 15 is 0 Å². The summed E-state index contributed by atoms with van der Waals surface area (Å²) in [5.74, 6) is 0.429. The fraction of sp³-hybridized carbons (Fsp3) is 0.579. The number of carbonyl (C=O) groups excluding carboxylic acids is 2. The molecule has 0 aromatic heterocycles. The van der Waals surface area contributed by atoms with Gasteiger partial charge in [0, 0.05) is 12.6 Å². The molecule has 1 aromatic carbocycles. The van der Waals surface area contributed by atoms with Gasteiger partial charge in [0.25, 0.3) is 5.91 Å². The molecule has 2 fully saturated rings. The Morgan fingerprint density at radius 1 is 1.22 bits per heavy atom. The zero-order valence-electron chi connectivity index (χ0n) is 15.5. The van der Waals surface area contributed by atoms with Crippen molar-refractivity contribution in [1.29, 1.82) is 0 Å². The molecule has 1 aliphatic heterocycles. The largest absolute Gasteiger partial charge is 0.484 e. The standard InChI is InChI=1S/C19H27N3O4.ClH/c1-12(21-19(24)17-9-8-16(10-20)26-17)13-2-6-15(7-3-13)25-11-18(23)22-14-4-5-14;/h2-3,6-7,12,14,16-17H,4-5,8-11,20H2,1H3,(H,21,24)(H,22,23);1H/t12?,16-,17+;/m1./s1. The Hall–Kier alpha value is -1.83. The topological polar surface area (TPSA) is 103 Å². The third kappa shape index (κ3) is 6.37. The maximum Gasteiger partial charge on any atom is 0.258 e. The van der Waals surface area contributed by atoms with E-state index in [1.165, 1.54) is 0 Å². The van der Waals surface area contributed by atoms with Gasteiger partial charge in [-0.1, -0.05) is 12.1 Å². The van der Waals surface area contributed by atoms with Crippen LogP contribution in [0.25, 0.3) is 0 Å². The molecule has 1 saturated heterocycles. The maximum absolute atomic E-state index is 12.3. The van der Waals surface area contributed by atoms with Crippen molar-refractivity contribution in [2.75, 3.05) is 13.2 Å².